The first-order valence-corrected chi connectivity index (χ1v) is 6.80. The van der Waals surface area contributed by atoms with Gasteiger partial charge in [0.2, 0.25) is 10.0 Å². The van der Waals surface area contributed by atoms with E-state index in [0.29, 0.717) is 11.3 Å². The number of hydrogen-bond acceptors (Lipinski definition) is 3. The maximum atomic E-state index is 12.0. The Balaban J connectivity index is 0.00000256. The highest BCUT2D eigenvalue weighted by Gasteiger charge is 2.18. The topological polar surface area (TPSA) is 72.2 Å². The van der Waals surface area contributed by atoms with Gasteiger partial charge in [-0.15, -0.1) is 12.4 Å². The fraction of sp³-hybridized carbons (Fsp3) is 0.455. The van der Waals surface area contributed by atoms with Gasteiger partial charge in [0.1, 0.15) is 0 Å². The fourth-order valence-electron chi connectivity index (χ4n) is 1.43. The third-order valence-electron chi connectivity index (χ3n) is 2.35. The van der Waals surface area contributed by atoms with Crippen molar-refractivity contribution in [3.8, 4) is 0 Å². The summed E-state index contributed by atoms with van der Waals surface area (Å²) in [4.78, 5) is 0.345. The lowest BCUT2D eigenvalue weighted by Crippen LogP contribution is -2.38. The summed E-state index contributed by atoms with van der Waals surface area (Å²) in [5.74, 6) is 0. The SMILES string of the molecule is CCc1ccccc1S(=O)(=O)N[C@@H](C)CN.Cl. The first kappa shape index (κ1) is 16.4. The van der Waals surface area contributed by atoms with Gasteiger partial charge in [-0.05, 0) is 25.0 Å². The Morgan fingerprint density at radius 3 is 2.47 bits per heavy atom. The quantitative estimate of drug-likeness (QED) is 0.853. The van der Waals surface area contributed by atoms with Crippen LogP contribution < -0.4 is 10.5 Å². The number of hydrogen-bond donors (Lipinski definition) is 2. The van der Waals surface area contributed by atoms with E-state index >= 15 is 0 Å². The lowest BCUT2D eigenvalue weighted by molar-refractivity contribution is 0.561. The molecule has 0 aromatic heterocycles. The minimum absolute atomic E-state index is 0. The van der Waals surface area contributed by atoms with Gasteiger partial charge in [-0.2, -0.15) is 0 Å². The zero-order valence-electron chi connectivity index (χ0n) is 10.0. The molecule has 1 rings (SSSR count). The van der Waals surface area contributed by atoms with Crippen molar-refractivity contribution in [2.24, 2.45) is 5.73 Å². The highest BCUT2D eigenvalue weighted by molar-refractivity contribution is 7.89. The van der Waals surface area contributed by atoms with Crippen LogP contribution in [0.4, 0.5) is 0 Å². The summed E-state index contributed by atoms with van der Waals surface area (Å²) in [5.41, 5.74) is 6.22. The lowest BCUT2D eigenvalue weighted by atomic mass is 10.2. The molecule has 1 aromatic carbocycles. The van der Waals surface area contributed by atoms with E-state index in [1.54, 1.807) is 19.1 Å². The van der Waals surface area contributed by atoms with Crippen molar-refractivity contribution >= 4 is 22.4 Å². The molecule has 0 fully saturated rings. The van der Waals surface area contributed by atoms with Gasteiger partial charge in [0, 0.05) is 12.6 Å². The summed E-state index contributed by atoms with van der Waals surface area (Å²) >= 11 is 0. The molecular formula is C11H19ClN2O2S. The molecule has 17 heavy (non-hydrogen) atoms. The second-order valence-electron chi connectivity index (χ2n) is 3.72. The summed E-state index contributed by atoms with van der Waals surface area (Å²) in [6.07, 6.45) is 0.689. The normalized spacial score (nSPS) is 12.9. The number of halogens is 1. The van der Waals surface area contributed by atoms with E-state index in [2.05, 4.69) is 4.72 Å². The van der Waals surface area contributed by atoms with Crippen molar-refractivity contribution in [1.82, 2.24) is 4.72 Å². The molecule has 0 saturated heterocycles. The van der Waals surface area contributed by atoms with Crippen LogP contribution in [0, 0.1) is 0 Å². The van der Waals surface area contributed by atoms with Crippen molar-refractivity contribution in [1.29, 1.82) is 0 Å². The minimum atomic E-state index is -3.44. The first-order chi connectivity index (χ1) is 7.51. The summed E-state index contributed by atoms with van der Waals surface area (Å²) < 4.78 is 26.6. The second-order valence-corrected chi connectivity index (χ2v) is 5.40. The molecule has 0 unspecified atom stereocenters. The van der Waals surface area contributed by atoms with Gasteiger partial charge < -0.3 is 5.73 Å². The number of nitrogens with one attached hydrogen (secondary N) is 1. The van der Waals surface area contributed by atoms with E-state index in [-0.39, 0.29) is 25.0 Å². The van der Waals surface area contributed by atoms with Gasteiger partial charge in [0.15, 0.2) is 0 Å². The van der Waals surface area contributed by atoms with Crippen LogP contribution >= 0.6 is 12.4 Å². The summed E-state index contributed by atoms with van der Waals surface area (Å²) in [6, 6.07) is 6.74. The molecule has 4 nitrogen and oxygen atoms in total. The molecular weight excluding hydrogens is 260 g/mol. The predicted octanol–water partition coefficient (Wildman–Crippen LogP) is 1.30. The van der Waals surface area contributed by atoms with Crippen LogP contribution in [0.15, 0.2) is 29.2 Å². The molecule has 1 atom stereocenters. The lowest BCUT2D eigenvalue weighted by Gasteiger charge is -2.14. The van der Waals surface area contributed by atoms with Gasteiger partial charge in [-0.25, -0.2) is 13.1 Å². The summed E-state index contributed by atoms with van der Waals surface area (Å²) in [5, 5.41) is 0. The zero-order chi connectivity index (χ0) is 12.2. The Kier molecular flexibility index (Phi) is 6.70. The maximum Gasteiger partial charge on any atom is 0.241 e. The molecule has 0 aliphatic carbocycles. The third kappa shape index (κ3) is 4.27. The standard InChI is InChI=1S/C11H18N2O2S.ClH/c1-3-10-6-4-5-7-11(10)16(14,15)13-9(2)8-12;/h4-7,9,13H,3,8,12H2,1-2H3;1H/t9-;/m0./s1. The molecule has 3 N–H and O–H groups in total. The van der Waals surface area contributed by atoms with E-state index in [4.69, 9.17) is 5.73 Å². The largest absolute Gasteiger partial charge is 0.329 e. The monoisotopic (exact) mass is 278 g/mol. The molecule has 98 valence electrons. The molecule has 0 amide bonds. The van der Waals surface area contributed by atoms with Crippen LogP contribution in [-0.4, -0.2) is 21.0 Å². The van der Waals surface area contributed by atoms with Crippen LogP contribution in [0.1, 0.15) is 19.4 Å². The third-order valence-corrected chi connectivity index (χ3v) is 4.04. The maximum absolute atomic E-state index is 12.0. The minimum Gasteiger partial charge on any atom is -0.329 e. The highest BCUT2D eigenvalue weighted by Crippen LogP contribution is 2.15. The molecule has 0 heterocycles. The van der Waals surface area contributed by atoms with Crippen LogP contribution in [0.2, 0.25) is 0 Å². The number of aryl methyl sites for hydroxylation is 1. The molecule has 0 radical (unpaired) electrons. The van der Waals surface area contributed by atoms with Crippen molar-refractivity contribution in [2.75, 3.05) is 6.54 Å². The molecule has 6 heteroatoms. The smallest absolute Gasteiger partial charge is 0.241 e. The molecule has 0 saturated carbocycles. The van der Waals surface area contributed by atoms with Gasteiger partial charge in [-0.1, -0.05) is 25.1 Å². The van der Waals surface area contributed by atoms with Crippen molar-refractivity contribution in [3.63, 3.8) is 0 Å². The van der Waals surface area contributed by atoms with Crippen LogP contribution in [0.25, 0.3) is 0 Å². The average Bonchev–Trinajstić information content (AvgIpc) is 2.28. The molecule has 0 aliphatic heterocycles. The van der Waals surface area contributed by atoms with Crippen LogP contribution in [0.3, 0.4) is 0 Å². The van der Waals surface area contributed by atoms with E-state index in [1.807, 2.05) is 19.1 Å². The molecule has 0 spiro atoms. The summed E-state index contributed by atoms with van der Waals surface area (Å²) in [6.45, 7) is 3.96. The van der Waals surface area contributed by atoms with E-state index in [1.165, 1.54) is 0 Å². The molecule has 0 aliphatic rings. The Morgan fingerprint density at radius 1 is 1.35 bits per heavy atom. The second kappa shape index (κ2) is 6.96. The van der Waals surface area contributed by atoms with Gasteiger partial charge >= 0.3 is 0 Å². The van der Waals surface area contributed by atoms with Crippen LogP contribution in [-0.2, 0) is 16.4 Å². The number of rotatable bonds is 5. The van der Waals surface area contributed by atoms with Crippen molar-refractivity contribution in [3.05, 3.63) is 29.8 Å². The Labute approximate surface area is 109 Å². The fourth-order valence-corrected chi connectivity index (χ4v) is 3.00. The Bertz CT molecular complexity index is 449. The number of benzene rings is 1. The Hall–Kier alpha value is -0.620. The molecule has 1 aromatic rings. The van der Waals surface area contributed by atoms with Gasteiger partial charge in [-0.3, -0.25) is 0 Å². The van der Waals surface area contributed by atoms with E-state index in [9.17, 15) is 8.42 Å². The van der Waals surface area contributed by atoms with Crippen LogP contribution in [0.5, 0.6) is 0 Å². The average molecular weight is 279 g/mol. The zero-order valence-corrected chi connectivity index (χ0v) is 11.6. The number of nitrogens with two attached hydrogens (primary N) is 1. The molecule has 0 bridgehead atoms. The van der Waals surface area contributed by atoms with Crippen molar-refractivity contribution in [2.45, 2.75) is 31.2 Å². The van der Waals surface area contributed by atoms with E-state index in [0.717, 1.165) is 5.56 Å². The predicted molar refractivity (Wildman–Crippen MR) is 71.9 cm³/mol. The summed E-state index contributed by atoms with van der Waals surface area (Å²) in [7, 11) is -3.44. The van der Waals surface area contributed by atoms with E-state index < -0.39 is 10.0 Å². The van der Waals surface area contributed by atoms with Gasteiger partial charge in [0.25, 0.3) is 0 Å². The Morgan fingerprint density at radius 2 is 1.94 bits per heavy atom. The van der Waals surface area contributed by atoms with Gasteiger partial charge in [0.05, 0.1) is 4.90 Å². The first-order valence-electron chi connectivity index (χ1n) is 5.31. The number of sulfonamides is 1. The highest BCUT2D eigenvalue weighted by atomic mass is 35.5. The van der Waals surface area contributed by atoms with Crippen molar-refractivity contribution < 1.29 is 8.42 Å².